The van der Waals surface area contributed by atoms with Crippen molar-refractivity contribution in [3.05, 3.63) is 0 Å². The van der Waals surface area contributed by atoms with E-state index >= 15 is 0 Å². The summed E-state index contributed by atoms with van der Waals surface area (Å²) in [5.74, 6) is -24.8. The summed E-state index contributed by atoms with van der Waals surface area (Å²) in [4.78, 5) is 0. The average molecular weight is 1340 g/mol. The van der Waals surface area contributed by atoms with Gasteiger partial charge in [0.15, 0.2) is 0 Å². The molecule has 0 nitrogen and oxygen atoms in total. The summed E-state index contributed by atoms with van der Waals surface area (Å²) < 4.78 is 320. The Morgan fingerprint density at radius 3 is 0.886 bits per heavy atom. The predicted molar refractivity (Wildman–Crippen MR) is 296 cm³/mol. The minimum atomic E-state index is -5.36. The predicted octanol–water partition coefficient (Wildman–Crippen LogP) is 25.0. The van der Waals surface area contributed by atoms with Crippen LogP contribution in [-0.4, -0.2) is 72.8 Å². The maximum atomic E-state index is 12.9. The van der Waals surface area contributed by atoms with Crippen LogP contribution in [0.15, 0.2) is 0 Å². The molecular formula is C63H103F25. The highest BCUT2D eigenvalue weighted by Crippen LogP contribution is 2.65. The second-order valence-corrected chi connectivity index (χ2v) is 28.2. The van der Waals surface area contributed by atoms with E-state index in [0.29, 0.717) is 24.7 Å². The van der Waals surface area contributed by atoms with E-state index < -0.39 is 137 Å². The second kappa shape index (κ2) is 32.1. The molecule has 7 aliphatic rings. The van der Waals surface area contributed by atoms with E-state index in [1.54, 1.807) is 13.8 Å². The third-order valence-corrected chi connectivity index (χ3v) is 21.7. The van der Waals surface area contributed by atoms with Crippen molar-refractivity contribution in [2.45, 2.75) is 276 Å². The van der Waals surface area contributed by atoms with Crippen molar-refractivity contribution < 1.29 is 111 Å². The molecule has 0 heterocycles. The second-order valence-electron chi connectivity index (χ2n) is 28.2. The van der Waals surface area contributed by atoms with Crippen LogP contribution in [0.1, 0.15) is 204 Å². The van der Waals surface area contributed by atoms with Crippen LogP contribution in [0.25, 0.3) is 0 Å². The zero-order chi connectivity index (χ0) is 71.3. The van der Waals surface area contributed by atoms with Gasteiger partial charge in [-0.1, -0.05) is 170 Å². The van der Waals surface area contributed by atoms with E-state index in [0.717, 1.165) is 43.9 Å². The Balaban J connectivity index is 0.00000100. The average Bonchev–Trinajstić information content (AvgIpc) is 1.55. The summed E-state index contributed by atoms with van der Waals surface area (Å²) in [7, 11) is 0. The molecule has 0 aromatic heterocycles. The van der Waals surface area contributed by atoms with E-state index in [1.807, 2.05) is 13.8 Å². The molecule has 0 aromatic carbocycles. The number of hydrogen-bond acceptors (Lipinski definition) is 0. The van der Waals surface area contributed by atoms with Gasteiger partial charge in [-0.25, -0.2) is 26.3 Å². The van der Waals surface area contributed by atoms with Gasteiger partial charge >= 0.3 is 42.7 Å². The normalized spacial score (nSPS) is 42.1. The third kappa shape index (κ3) is 21.4. The Labute approximate surface area is 509 Å². The zero-order valence-electron chi connectivity index (χ0n) is 55.7. The molecule has 0 bridgehead atoms. The maximum absolute atomic E-state index is 12.9. The summed E-state index contributed by atoms with van der Waals surface area (Å²) >= 11 is 0. The van der Waals surface area contributed by atoms with Gasteiger partial charge in [-0.15, -0.1) is 0 Å². The molecule has 88 heavy (non-hydrogen) atoms. The van der Waals surface area contributed by atoms with Crippen molar-refractivity contribution >= 4 is 0 Å². The molecule has 17 unspecified atom stereocenters. The van der Waals surface area contributed by atoms with Crippen molar-refractivity contribution in [2.24, 2.45) is 124 Å². The van der Waals surface area contributed by atoms with Gasteiger partial charge < -0.3 is 0 Å². The zero-order valence-corrected chi connectivity index (χ0v) is 54.7. The van der Waals surface area contributed by atoms with Gasteiger partial charge in [0.25, 0.3) is 5.92 Å². The van der Waals surface area contributed by atoms with Crippen LogP contribution in [0.2, 0.25) is 0 Å². The first-order chi connectivity index (χ1) is 39.3. The highest BCUT2D eigenvalue weighted by atomic mass is 19.4. The number of alkyl halides is 25. The quantitative estimate of drug-likeness (QED) is 0.230. The lowest BCUT2D eigenvalue weighted by Gasteiger charge is -2.35. The molecular weight excluding hydrogens is 1230 g/mol. The van der Waals surface area contributed by atoms with Crippen LogP contribution in [0.3, 0.4) is 0 Å². The number of rotatable bonds is 1. The molecule has 7 saturated carbocycles. The standard InChI is InChI=1S/C10H14F6.C9H15F3.C8H13F3.2C8H16.C7H7F7.C7H11F3.C6H11F3/c1-4-5(2)8(10(14,15)16)6(3)7(4)9(11,12)13;1-6-4-3-5-8(7(6)2)9(10,11)12;1-5-3-6(2)7(4-5)8(9,10)11;2*1-6-4-5-7(2)8(6)3;1-3-5(9,10)4(2,8)7(13,14)6(3,11)12;1-3-5(8)4(2)7(10)6(3)9;1-4-5(2,3)6(7,8)9/h4-8H,1-3H3;6-8H,3-5H2,1-2H3;5-7H,3-4H2,1-2H3;2*6-8H,4-5H2,1-3H3;3H,1-2H3;3-7H,1-2H3;4H2,1-3H3/t4-,5?,6?,7?,8?;6?,7-,8?;5-,6?,7?;;;3-,4?;3-,4?,5?,6?,7?;/m110..00./s1/i;;;8D;;;;. The largest absolute Gasteiger partial charge is 0.393 e. The molecule has 0 N–H and O–H groups in total. The van der Waals surface area contributed by atoms with Crippen molar-refractivity contribution in [1.82, 2.24) is 0 Å². The Morgan fingerprint density at radius 2 is 0.739 bits per heavy atom. The molecule has 22 atom stereocenters. The van der Waals surface area contributed by atoms with E-state index in [2.05, 4.69) is 41.5 Å². The van der Waals surface area contributed by atoms with E-state index in [-0.39, 0.29) is 49.8 Å². The van der Waals surface area contributed by atoms with E-state index in [4.69, 9.17) is 1.37 Å². The van der Waals surface area contributed by atoms with Gasteiger partial charge in [-0.2, -0.15) is 83.4 Å². The minimum Gasteiger partial charge on any atom is -0.247 e. The molecule has 7 aliphatic carbocycles. The molecule has 530 valence electrons. The van der Waals surface area contributed by atoms with Crippen LogP contribution in [0, 0.1) is 124 Å². The van der Waals surface area contributed by atoms with E-state index in [9.17, 15) is 110 Å². The summed E-state index contributed by atoms with van der Waals surface area (Å²) in [6.07, 6.45) is -17.0. The van der Waals surface area contributed by atoms with E-state index in [1.165, 1.54) is 74.1 Å². The third-order valence-electron chi connectivity index (χ3n) is 21.7. The highest BCUT2D eigenvalue weighted by molar-refractivity contribution is 5.19. The molecule has 0 spiro atoms. The van der Waals surface area contributed by atoms with Gasteiger partial charge in [-0.3, -0.25) is 0 Å². The Hall–Kier alpha value is -1.75. The monoisotopic (exact) mass is 1340 g/mol. The first-order valence-electron chi connectivity index (χ1n) is 31.4. The Bertz CT molecular complexity index is 1920. The fourth-order valence-electron chi connectivity index (χ4n) is 13.2. The van der Waals surface area contributed by atoms with Gasteiger partial charge in [0.1, 0.15) is 18.5 Å². The van der Waals surface area contributed by atoms with Gasteiger partial charge in [0.05, 0.1) is 35.0 Å². The summed E-state index contributed by atoms with van der Waals surface area (Å²) in [5, 5.41) is 0. The first-order valence-corrected chi connectivity index (χ1v) is 30.9. The number of hydrogen-bond donors (Lipinski definition) is 0. The van der Waals surface area contributed by atoms with Gasteiger partial charge in [0.2, 0.25) is 5.67 Å². The molecule has 25 heteroatoms. The molecule has 0 amide bonds. The van der Waals surface area contributed by atoms with Gasteiger partial charge in [-0.05, 0) is 110 Å². The van der Waals surface area contributed by atoms with Crippen LogP contribution in [0.5, 0.6) is 0 Å². The lowest BCUT2D eigenvalue weighted by molar-refractivity contribution is -0.248. The van der Waals surface area contributed by atoms with Gasteiger partial charge in [0, 0.05) is 13.2 Å². The molecule has 0 aromatic rings. The summed E-state index contributed by atoms with van der Waals surface area (Å²) in [6, 6.07) is 0. The van der Waals surface area contributed by atoms with Crippen molar-refractivity contribution in [3.63, 3.8) is 0 Å². The lowest BCUT2D eigenvalue weighted by atomic mass is 9.73. The van der Waals surface area contributed by atoms with Crippen molar-refractivity contribution in [3.8, 4) is 0 Å². The molecule has 0 saturated heterocycles. The van der Waals surface area contributed by atoms with Crippen molar-refractivity contribution in [1.29, 1.82) is 0 Å². The Morgan fingerprint density at radius 1 is 0.386 bits per heavy atom. The minimum absolute atomic E-state index is 0.135. The molecule has 7 rings (SSSR count). The topological polar surface area (TPSA) is 0 Å². The summed E-state index contributed by atoms with van der Waals surface area (Å²) in [6.45, 7) is 31.1. The molecule has 0 radical (unpaired) electrons. The highest BCUT2D eigenvalue weighted by Gasteiger charge is 2.88. The number of halogens is 25. The smallest absolute Gasteiger partial charge is 0.247 e. The fourth-order valence-corrected chi connectivity index (χ4v) is 13.2. The first kappa shape index (κ1) is 84.3. The maximum Gasteiger partial charge on any atom is 0.393 e. The lowest BCUT2D eigenvalue weighted by Crippen LogP contribution is -2.52. The summed E-state index contributed by atoms with van der Waals surface area (Å²) in [5.41, 5.74) is -6.05. The SMILES string of the molecule is CC1C(C(F)(F)F)C(C)[C@@H](C)C1C(F)(F)F.CC1C(F)C(F)[C@@H](C)C1F.CC1CCC(C)C1C.CC1CCCC(C(F)(F)F)[C@@H]1C.CC1C[C@H](C)CC1C(F)(F)F.CCC(C)(C)C(F)(F)F.C[C@H]1C(F)(F)C(C)(F)C(F)(F)C1(F)F.[2H]C1(C)C(C)CCC1C. The van der Waals surface area contributed by atoms with Crippen LogP contribution in [0.4, 0.5) is 110 Å². The van der Waals surface area contributed by atoms with Crippen molar-refractivity contribution in [2.75, 3.05) is 0 Å². The molecule has 7 fully saturated rings. The molecule has 0 aliphatic heterocycles. The Kier molecular flexibility index (Phi) is 30.8. The van der Waals surface area contributed by atoms with Crippen LogP contribution in [-0.2, 0) is 0 Å². The van der Waals surface area contributed by atoms with Crippen LogP contribution < -0.4 is 0 Å². The van der Waals surface area contributed by atoms with Crippen LogP contribution >= 0.6 is 0 Å². The fraction of sp³-hybridized carbons (Fsp3) is 1.00.